The topological polar surface area (TPSA) is 38.3 Å². The van der Waals surface area contributed by atoms with Crippen LogP contribution < -0.4 is 10.1 Å². The lowest BCUT2D eigenvalue weighted by atomic mass is 10.0. The highest BCUT2D eigenvalue weighted by atomic mass is 35.5. The van der Waals surface area contributed by atoms with Crippen LogP contribution in [0.3, 0.4) is 0 Å². The van der Waals surface area contributed by atoms with Crippen molar-refractivity contribution in [2.45, 2.75) is 12.5 Å². The van der Waals surface area contributed by atoms with Crippen molar-refractivity contribution in [2.75, 3.05) is 12.4 Å². The molecule has 0 bridgehead atoms. The average Bonchev–Trinajstić information content (AvgIpc) is 2.89. The summed E-state index contributed by atoms with van der Waals surface area (Å²) in [5, 5.41) is 5.09. The van der Waals surface area contributed by atoms with Gasteiger partial charge in [0.1, 0.15) is 5.75 Å². The van der Waals surface area contributed by atoms with E-state index in [1.54, 1.807) is 0 Å². The zero-order valence-electron chi connectivity index (χ0n) is 10.4. The number of ether oxygens (including phenoxy) is 1. The fraction of sp³-hybridized carbons (Fsp3) is 0.267. The van der Waals surface area contributed by atoms with Crippen molar-refractivity contribution in [3.63, 3.8) is 0 Å². The van der Waals surface area contributed by atoms with Gasteiger partial charge in [0.2, 0.25) is 0 Å². The van der Waals surface area contributed by atoms with Crippen molar-refractivity contribution >= 4 is 28.3 Å². The van der Waals surface area contributed by atoms with Crippen LogP contribution in [0, 0.1) is 0 Å². The van der Waals surface area contributed by atoms with Crippen LogP contribution in [0.1, 0.15) is 5.56 Å². The molecule has 3 rings (SSSR count). The molecule has 0 saturated heterocycles. The molecule has 98 valence electrons. The van der Waals surface area contributed by atoms with E-state index in [-0.39, 0.29) is 5.91 Å². The quantitative estimate of drug-likeness (QED) is 0.874. The van der Waals surface area contributed by atoms with Gasteiger partial charge in [-0.3, -0.25) is 4.79 Å². The third kappa shape index (κ3) is 2.26. The Hall–Kier alpha value is -1.74. The van der Waals surface area contributed by atoms with Gasteiger partial charge in [0.15, 0.2) is 6.10 Å². The number of benzene rings is 2. The molecule has 1 heterocycles. The monoisotopic (exact) mass is 275 g/mol. The molecule has 0 saturated carbocycles. The van der Waals surface area contributed by atoms with Crippen LogP contribution in [0.25, 0.3) is 10.8 Å². The molecule has 0 fully saturated rings. The van der Waals surface area contributed by atoms with Gasteiger partial charge in [-0.15, -0.1) is 11.6 Å². The fourth-order valence-electron chi connectivity index (χ4n) is 2.45. The van der Waals surface area contributed by atoms with Crippen LogP contribution in [0.2, 0.25) is 0 Å². The second-order valence-electron chi connectivity index (χ2n) is 4.55. The molecule has 2 aromatic rings. The van der Waals surface area contributed by atoms with Crippen LogP contribution in [0.15, 0.2) is 36.4 Å². The van der Waals surface area contributed by atoms with Gasteiger partial charge in [-0.1, -0.05) is 30.3 Å². The number of halogens is 1. The Labute approximate surface area is 116 Å². The van der Waals surface area contributed by atoms with Gasteiger partial charge in [-0.05, 0) is 16.8 Å². The Balaban J connectivity index is 1.88. The lowest BCUT2D eigenvalue weighted by Crippen LogP contribution is -2.38. The molecule has 4 heteroatoms. The zero-order chi connectivity index (χ0) is 13.2. The van der Waals surface area contributed by atoms with Gasteiger partial charge >= 0.3 is 0 Å². The fourth-order valence-corrected chi connectivity index (χ4v) is 2.54. The van der Waals surface area contributed by atoms with E-state index in [1.807, 2.05) is 24.3 Å². The largest absolute Gasteiger partial charge is 0.480 e. The number of hydrogen-bond donors (Lipinski definition) is 1. The van der Waals surface area contributed by atoms with Gasteiger partial charge in [-0.2, -0.15) is 0 Å². The molecule has 19 heavy (non-hydrogen) atoms. The first-order valence-electron chi connectivity index (χ1n) is 6.30. The number of hydrogen-bond acceptors (Lipinski definition) is 2. The lowest BCUT2D eigenvalue weighted by Gasteiger charge is -2.09. The van der Waals surface area contributed by atoms with Crippen molar-refractivity contribution in [3.8, 4) is 5.75 Å². The molecule has 1 atom stereocenters. The number of rotatable bonds is 3. The predicted octanol–water partition coefficient (Wildman–Crippen LogP) is 2.50. The summed E-state index contributed by atoms with van der Waals surface area (Å²) in [6.45, 7) is 0.470. The van der Waals surface area contributed by atoms with Gasteiger partial charge in [0, 0.05) is 24.4 Å². The second kappa shape index (κ2) is 5.10. The maximum Gasteiger partial charge on any atom is 0.261 e. The first-order valence-corrected chi connectivity index (χ1v) is 6.84. The van der Waals surface area contributed by atoms with Crippen LogP contribution in [0.4, 0.5) is 0 Å². The van der Waals surface area contributed by atoms with Crippen LogP contribution >= 0.6 is 11.6 Å². The summed E-state index contributed by atoms with van der Waals surface area (Å²) >= 11 is 5.56. The highest BCUT2D eigenvalue weighted by molar-refractivity contribution is 6.18. The highest BCUT2D eigenvalue weighted by Crippen LogP contribution is 2.34. The number of fused-ring (bicyclic) bond motifs is 3. The third-order valence-electron chi connectivity index (χ3n) is 3.34. The Morgan fingerprint density at radius 2 is 2.16 bits per heavy atom. The van der Waals surface area contributed by atoms with E-state index in [0.29, 0.717) is 18.8 Å². The molecular weight excluding hydrogens is 262 g/mol. The van der Waals surface area contributed by atoms with Crippen molar-refractivity contribution in [1.29, 1.82) is 0 Å². The molecule has 0 radical (unpaired) electrons. The average molecular weight is 276 g/mol. The summed E-state index contributed by atoms with van der Waals surface area (Å²) < 4.78 is 5.72. The molecule has 0 aromatic heterocycles. The Morgan fingerprint density at radius 1 is 1.32 bits per heavy atom. The molecule has 0 unspecified atom stereocenters. The Kier molecular flexibility index (Phi) is 3.30. The van der Waals surface area contributed by atoms with Crippen LogP contribution in [-0.4, -0.2) is 24.4 Å². The minimum atomic E-state index is -0.441. The zero-order valence-corrected chi connectivity index (χ0v) is 11.1. The third-order valence-corrected chi connectivity index (χ3v) is 3.53. The minimum absolute atomic E-state index is 0.0964. The maximum absolute atomic E-state index is 11.9. The van der Waals surface area contributed by atoms with E-state index < -0.39 is 6.10 Å². The Morgan fingerprint density at radius 3 is 3.00 bits per heavy atom. The molecule has 0 aliphatic carbocycles. The first-order chi connectivity index (χ1) is 9.29. The van der Waals surface area contributed by atoms with Crippen molar-refractivity contribution in [2.24, 2.45) is 0 Å². The molecule has 3 nitrogen and oxygen atoms in total. The van der Waals surface area contributed by atoms with Gasteiger partial charge in [0.05, 0.1) is 0 Å². The molecule has 1 aliphatic rings. The summed E-state index contributed by atoms with van der Waals surface area (Å²) in [5.74, 6) is 1.12. The van der Waals surface area contributed by atoms with Crippen molar-refractivity contribution < 1.29 is 9.53 Å². The van der Waals surface area contributed by atoms with Crippen molar-refractivity contribution in [1.82, 2.24) is 5.32 Å². The summed E-state index contributed by atoms with van der Waals surface area (Å²) in [4.78, 5) is 11.9. The van der Waals surface area contributed by atoms with E-state index in [1.165, 1.54) is 5.39 Å². The predicted molar refractivity (Wildman–Crippen MR) is 75.8 cm³/mol. The molecule has 1 amide bonds. The Bertz CT molecular complexity index is 627. The molecule has 2 aromatic carbocycles. The molecule has 1 N–H and O–H groups in total. The van der Waals surface area contributed by atoms with Gasteiger partial charge < -0.3 is 10.1 Å². The highest BCUT2D eigenvalue weighted by Gasteiger charge is 2.29. The lowest BCUT2D eigenvalue weighted by molar-refractivity contribution is -0.127. The summed E-state index contributed by atoms with van der Waals surface area (Å²) in [5.41, 5.74) is 1.11. The van der Waals surface area contributed by atoms with Crippen molar-refractivity contribution in [3.05, 3.63) is 42.0 Å². The SMILES string of the molecule is O=C(NCCCl)[C@@H]1Cc2c(ccc3ccccc23)O1. The van der Waals surface area contributed by atoms with Gasteiger partial charge in [0.25, 0.3) is 5.91 Å². The maximum atomic E-state index is 11.9. The smallest absolute Gasteiger partial charge is 0.261 e. The number of amides is 1. The first kappa shape index (κ1) is 12.3. The van der Waals surface area contributed by atoms with Crippen LogP contribution in [-0.2, 0) is 11.2 Å². The van der Waals surface area contributed by atoms with E-state index in [9.17, 15) is 4.79 Å². The number of nitrogens with one attached hydrogen (secondary N) is 1. The molecule has 1 aliphatic heterocycles. The van der Waals surface area contributed by atoms with Crippen LogP contribution in [0.5, 0.6) is 5.75 Å². The number of alkyl halides is 1. The normalized spacial score (nSPS) is 17.0. The minimum Gasteiger partial charge on any atom is -0.480 e. The van der Waals surface area contributed by atoms with E-state index in [4.69, 9.17) is 16.3 Å². The number of carbonyl (C=O) groups excluding carboxylic acids is 1. The summed E-state index contributed by atoms with van der Waals surface area (Å²) in [6.07, 6.45) is 0.175. The summed E-state index contributed by atoms with van der Waals surface area (Å²) in [7, 11) is 0. The molecule has 0 spiro atoms. The molecular formula is C15H14ClNO2. The standard InChI is InChI=1S/C15H14ClNO2/c16-7-8-17-15(18)14-9-12-11-4-2-1-3-10(11)5-6-13(12)19-14/h1-6,14H,7-9H2,(H,17,18)/t14-/m0/s1. The van der Waals surface area contributed by atoms with E-state index >= 15 is 0 Å². The number of carbonyl (C=O) groups is 1. The second-order valence-corrected chi connectivity index (χ2v) is 4.93. The summed E-state index contributed by atoms with van der Waals surface area (Å²) in [6, 6.07) is 12.1. The van der Waals surface area contributed by atoms with Gasteiger partial charge in [-0.25, -0.2) is 0 Å². The van der Waals surface area contributed by atoms with E-state index in [2.05, 4.69) is 17.4 Å². The van der Waals surface area contributed by atoms with E-state index in [0.717, 1.165) is 16.7 Å².